The number of nitrogens with zero attached hydrogens (tertiary/aromatic N) is 3. The van der Waals surface area contributed by atoms with E-state index in [1.165, 1.54) is 4.03 Å². The van der Waals surface area contributed by atoms with Crippen molar-refractivity contribution in [2.75, 3.05) is 6.54 Å². The van der Waals surface area contributed by atoms with Crippen molar-refractivity contribution in [3.05, 3.63) is 4.91 Å². The Morgan fingerprint density at radius 1 is 1.55 bits per heavy atom. The van der Waals surface area contributed by atoms with E-state index < -0.39 is 0 Å². The van der Waals surface area contributed by atoms with E-state index >= 15 is 0 Å². The topological polar surface area (TPSA) is 43.6 Å². The average molecular weight is 353 g/mol. The molecule has 11 heavy (non-hydrogen) atoms. The lowest BCUT2D eigenvalue weighted by Crippen LogP contribution is -2.50. The zero-order valence-corrected chi connectivity index (χ0v) is 9.83. The highest BCUT2D eigenvalue weighted by molar-refractivity contribution is 9.10. The summed E-state index contributed by atoms with van der Waals surface area (Å²) in [6, 6.07) is 0. The maximum atomic E-state index is 11.0. The van der Waals surface area contributed by atoms with Crippen LogP contribution in [0.3, 0.4) is 0 Å². The van der Waals surface area contributed by atoms with Crippen molar-refractivity contribution in [2.24, 2.45) is 0 Å². The molecular formula is C3H3Br3N3O2+. The molecule has 0 N–H and O–H groups in total. The van der Waals surface area contributed by atoms with Gasteiger partial charge in [-0.1, -0.05) is 15.9 Å². The lowest BCUT2D eigenvalue weighted by atomic mass is 10.4. The highest BCUT2D eigenvalue weighted by Gasteiger charge is 2.43. The quantitative estimate of drug-likeness (QED) is 0.373. The molecule has 0 aromatic rings. The van der Waals surface area contributed by atoms with Gasteiger partial charge in [0.15, 0.2) is 0 Å². The summed E-state index contributed by atoms with van der Waals surface area (Å²) < 4.78 is 1.98. The van der Waals surface area contributed by atoms with E-state index in [-0.39, 0.29) is 10.7 Å². The van der Waals surface area contributed by atoms with E-state index in [0.717, 1.165) is 4.03 Å². The van der Waals surface area contributed by atoms with Crippen molar-refractivity contribution in [1.82, 2.24) is 8.07 Å². The summed E-state index contributed by atoms with van der Waals surface area (Å²) in [6.07, 6.45) is 0. The number of carbonyl (C=O) groups is 1. The molecular weight excluding hydrogens is 350 g/mol. The number of hydrogen-bond donors (Lipinski definition) is 0. The average Bonchev–Trinajstić information content (AvgIpc) is 1.97. The first kappa shape index (κ1) is 9.40. The van der Waals surface area contributed by atoms with E-state index in [9.17, 15) is 9.70 Å². The van der Waals surface area contributed by atoms with E-state index in [4.69, 9.17) is 0 Å². The Morgan fingerprint density at radius 2 is 2.09 bits per heavy atom. The SMILES string of the molecule is O=C1C(Br)CN(Br)[N+](=O)N1Br. The summed E-state index contributed by atoms with van der Waals surface area (Å²) in [5.74, 6) is -0.323. The van der Waals surface area contributed by atoms with Gasteiger partial charge < -0.3 is 0 Å². The fourth-order valence-electron chi connectivity index (χ4n) is 0.565. The van der Waals surface area contributed by atoms with Gasteiger partial charge in [-0.05, 0) is 4.03 Å². The molecule has 1 aliphatic rings. The van der Waals surface area contributed by atoms with Crippen LogP contribution in [0.5, 0.6) is 0 Å². The van der Waals surface area contributed by atoms with Gasteiger partial charge in [0.05, 0.1) is 4.91 Å². The molecule has 0 aromatic carbocycles. The van der Waals surface area contributed by atoms with Gasteiger partial charge in [-0.2, -0.15) is 0 Å². The summed E-state index contributed by atoms with van der Waals surface area (Å²) >= 11 is 8.85. The van der Waals surface area contributed by atoms with E-state index in [2.05, 4.69) is 48.2 Å². The number of amides is 1. The molecule has 1 atom stereocenters. The van der Waals surface area contributed by atoms with Gasteiger partial charge in [-0.15, -0.1) is 0 Å². The van der Waals surface area contributed by atoms with Crippen LogP contribution in [0.4, 0.5) is 0 Å². The molecule has 0 radical (unpaired) electrons. The molecule has 0 bridgehead atoms. The molecule has 1 unspecified atom stereocenters. The second kappa shape index (κ2) is 3.36. The van der Waals surface area contributed by atoms with Gasteiger partial charge in [0, 0.05) is 4.03 Å². The highest BCUT2D eigenvalue weighted by atomic mass is 79.9. The van der Waals surface area contributed by atoms with Crippen LogP contribution in [0, 0.1) is 4.91 Å². The molecule has 8 heteroatoms. The molecule has 0 aromatic heterocycles. The summed E-state index contributed by atoms with van der Waals surface area (Å²) in [7, 11) is 0. The van der Waals surface area contributed by atoms with Crippen molar-refractivity contribution >= 4 is 54.1 Å². The van der Waals surface area contributed by atoms with E-state index in [0.29, 0.717) is 11.5 Å². The first-order chi connectivity index (χ1) is 5.04. The third-order valence-corrected chi connectivity index (χ3v) is 2.96. The largest absolute Gasteiger partial charge is 0.314 e. The van der Waals surface area contributed by atoms with Crippen molar-refractivity contribution in [3.8, 4) is 0 Å². The Kier molecular flexibility index (Phi) is 2.87. The molecule has 1 saturated heterocycles. The highest BCUT2D eigenvalue weighted by Crippen LogP contribution is 2.20. The lowest BCUT2D eigenvalue weighted by molar-refractivity contribution is -0.762. The maximum Gasteiger partial charge on any atom is 0.314 e. The van der Waals surface area contributed by atoms with Gasteiger partial charge in [0.1, 0.15) is 43.7 Å². The number of hydrogen-bond acceptors (Lipinski definition) is 2. The van der Waals surface area contributed by atoms with Crippen molar-refractivity contribution in [1.29, 1.82) is 0 Å². The first-order valence-corrected chi connectivity index (χ1v) is 4.91. The standard InChI is InChI=1S/C3H3Br3N3O2/c4-2-1-7(5)9(11)8(6)3(2)10/h2H,1H2/q+1. The van der Waals surface area contributed by atoms with Crippen LogP contribution in [0.25, 0.3) is 0 Å². The third-order valence-electron chi connectivity index (χ3n) is 1.10. The van der Waals surface area contributed by atoms with Gasteiger partial charge >= 0.3 is 5.91 Å². The van der Waals surface area contributed by atoms with Crippen LogP contribution >= 0.6 is 48.2 Å². The first-order valence-electron chi connectivity index (χ1n) is 2.58. The van der Waals surface area contributed by atoms with Gasteiger partial charge in [0.25, 0.3) is 4.98 Å². The number of nitroso groups, excluding NO2 is 1. The van der Waals surface area contributed by atoms with E-state index in [1.807, 2.05) is 0 Å². The predicted octanol–water partition coefficient (Wildman–Crippen LogP) is 1.12. The fourth-order valence-corrected chi connectivity index (χ4v) is 2.74. The summed E-state index contributed by atoms with van der Waals surface area (Å²) in [5, 5.41) is 0. The van der Waals surface area contributed by atoms with Crippen molar-refractivity contribution in [2.45, 2.75) is 4.83 Å². The zero-order chi connectivity index (χ0) is 8.59. The Bertz CT molecular complexity index is 190. The van der Waals surface area contributed by atoms with Gasteiger partial charge in [0.2, 0.25) is 0 Å². The Hall–Kier alpha value is 0.310. The smallest absolute Gasteiger partial charge is 0.266 e. The second-order valence-corrected chi connectivity index (χ2v) is 4.43. The van der Waals surface area contributed by atoms with Crippen LogP contribution in [-0.4, -0.2) is 30.3 Å². The number of rotatable bonds is 0. The van der Waals surface area contributed by atoms with Crippen LogP contribution in [0.15, 0.2) is 0 Å². The fraction of sp³-hybridized carbons (Fsp3) is 0.667. The Balaban J connectivity index is 2.79. The Morgan fingerprint density at radius 3 is 2.64 bits per heavy atom. The summed E-state index contributed by atoms with van der Waals surface area (Å²) in [5.41, 5.74) is 0. The van der Waals surface area contributed by atoms with Crippen molar-refractivity contribution in [3.63, 3.8) is 0 Å². The molecule has 1 fully saturated rings. The Labute approximate surface area is 88.0 Å². The van der Waals surface area contributed by atoms with Gasteiger partial charge in [-0.25, -0.2) is 0 Å². The van der Waals surface area contributed by atoms with Crippen LogP contribution in [0.2, 0.25) is 0 Å². The monoisotopic (exact) mass is 350 g/mol. The van der Waals surface area contributed by atoms with Crippen LogP contribution in [-0.2, 0) is 4.79 Å². The summed E-state index contributed by atoms with van der Waals surface area (Å²) in [4.78, 5) is 21.9. The molecule has 62 valence electrons. The number of halogens is 3. The predicted molar refractivity (Wildman–Crippen MR) is 47.7 cm³/mol. The minimum atomic E-state index is -0.369. The van der Waals surface area contributed by atoms with Gasteiger partial charge in [-0.3, -0.25) is 4.79 Å². The van der Waals surface area contributed by atoms with Crippen molar-refractivity contribution < 1.29 is 9.77 Å². The molecule has 5 nitrogen and oxygen atoms in total. The van der Waals surface area contributed by atoms with Crippen LogP contribution in [0.1, 0.15) is 0 Å². The minimum Gasteiger partial charge on any atom is -0.266 e. The molecule has 1 aliphatic heterocycles. The summed E-state index contributed by atoms with van der Waals surface area (Å²) in [6.45, 7) is 0.296. The van der Waals surface area contributed by atoms with E-state index in [1.54, 1.807) is 0 Å². The maximum absolute atomic E-state index is 11.0. The van der Waals surface area contributed by atoms with Crippen LogP contribution < -0.4 is 0 Å². The molecule has 0 aliphatic carbocycles. The third kappa shape index (κ3) is 1.73. The minimum absolute atomic E-state index is 0.296. The number of hydrazine groups is 2. The second-order valence-electron chi connectivity index (χ2n) is 1.84. The lowest BCUT2D eigenvalue weighted by Gasteiger charge is -2.18. The molecule has 1 amide bonds. The molecule has 1 heterocycles. The zero-order valence-electron chi connectivity index (χ0n) is 5.08. The molecule has 0 spiro atoms. The number of alkyl halides is 1. The molecule has 0 saturated carbocycles. The molecule has 1 rings (SSSR count). The normalized spacial score (nSPS) is 26.3. The number of carbonyl (C=O) groups excluding carboxylic acids is 1.